The van der Waals surface area contributed by atoms with Gasteiger partial charge < -0.3 is 19.9 Å². The zero-order valence-corrected chi connectivity index (χ0v) is 13.1. The summed E-state index contributed by atoms with van der Waals surface area (Å²) in [5.74, 6) is -0.225. The van der Waals surface area contributed by atoms with Crippen molar-refractivity contribution in [1.82, 2.24) is 0 Å². The minimum absolute atomic E-state index is 0.0261. The van der Waals surface area contributed by atoms with E-state index in [1.165, 1.54) is 20.1 Å². The monoisotopic (exact) mass is 329 g/mol. The molecule has 0 radical (unpaired) electrons. The van der Waals surface area contributed by atoms with Gasteiger partial charge in [-0.3, -0.25) is 4.79 Å². The van der Waals surface area contributed by atoms with Crippen LogP contribution in [0.25, 0.3) is 0 Å². The molecule has 1 aromatic rings. The smallest absolute Gasteiger partial charge is 0.387 e. The van der Waals surface area contributed by atoms with Gasteiger partial charge >= 0.3 is 12.6 Å². The molecular weight excluding hydrogens is 308 g/mol. The Balaban J connectivity index is 2.22. The standard InChI is InChI=1S/C16H21F2NO4/c1-9(20)22-11-4-5-13(19)12(8-11)10-3-6-14(21-2)15(7-10)23-16(17)18/h3,6-7,11-13,16H,4-5,8,19H2,1-2H3/t11?,12-,13?/m1/s1. The van der Waals surface area contributed by atoms with Gasteiger partial charge in [-0.05, 0) is 37.0 Å². The first-order valence-corrected chi connectivity index (χ1v) is 7.46. The molecule has 0 aromatic heterocycles. The second-order valence-corrected chi connectivity index (χ2v) is 5.60. The molecule has 0 amide bonds. The van der Waals surface area contributed by atoms with Gasteiger partial charge in [0.25, 0.3) is 0 Å². The molecule has 5 nitrogen and oxygen atoms in total. The van der Waals surface area contributed by atoms with Crippen LogP contribution in [0.3, 0.4) is 0 Å². The first kappa shape index (κ1) is 17.5. The van der Waals surface area contributed by atoms with Gasteiger partial charge in [-0.2, -0.15) is 8.78 Å². The maximum absolute atomic E-state index is 12.5. The lowest BCUT2D eigenvalue weighted by molar-refractivity contribution is -0.148. The van der Waals surface area contributed by atoms with Crippen molar-refractivity contribution in [3.05, 3.63) is 23.8 Å². The molecule has 1 aliphatic rings. The average Bonchev–Trinajstić information content (AvgIpc) is 2.48. The normalized spacial score (nSPS) is 24.3. The Kier molecular flexibility index (Phi) is 5.76. The Labute approximate surface area is 133 Å². The van der Waals surface area contributed by atoms with Crippen LogP contribution >= 0.6 is 0 Å². The van der Waals surface area contributed by atoms with E-state index in [9.17, 15) is 13.6 Å². The van der Waals surface area contributed by atoms with E-state index < -0.39 is 6.61 Å². The van der Waals surface area contributed by atoms with Gasteiger partial charge in [-0.15, -0.1) is 0 Å². The number of hydrogen-bond acceptors (Lipinski definition) is 5. The van der Waals surface area contributed by atoms with Crippen molar-refractivity contribution in [1.29, 1.82) is 0 Å². The summed E-state index contributed by atoms with van der Waals surface area (Å²) in [5, 5.41) is 0. The SMILES string of the molecule is COc1ccc([C@H]2CC(OC(C)=O)CCC2N)cc1OC(F)F. The lowest BCUT2D eigenvalue weighted by Gasteiger charge is -2.34. The number of rotatable bonds is 5. The molecule has 1 aliphatic carbocycles. The first-order valence-electron chi connectivity index (χ1n) is 7.46. The molecule has 0 saturated heterocycles. The summed E-state index contributed by atoms with van der Waals surface area (Å²) < 4.78 is 39.9. The number of methoxy groups -OCH3 is 1. The molecule has 1 aromatic carbocycles. The van der Waals surface area contributed by atoms with E-state index in [1.807, 2.05) is 0 Å². The Morgan fingerprint density at radius 3 is 2.65 bits per heavy atom. The van der Waals surface area contributed by atoms with Gasteiger partial charge in [0.05, 0.1) is 7.11 Å². The second-order valence-electron chi connectivity index (χ2n) is 5.60. The Bertz CT molecular complexity index is 553. The minimum atomic E-state index is -2.94. The summed E-state index contributed by atoms with van der Waals surface area (Å²) in [5.41, 5.74) is 6.93. The quantitative estimate of drug-likeness (QED) is 0.841. The van der Waals surface area contributed by atoms with E-state index in [0.717, 1.165) is 5.56 Å². The highest BCUT2D eigenvalue weighted by atomic mass is 19.3. The lowest BCUT2D eigenvalue weighted by Crippen LogP contribution is -2.38. The molecule has 23 heavy (non-hydrogen) atoms. The van der Waals surface area contributed by atoms with Crippen molar-refractivity contribution < 1.29 is 27.8 Å². The van der Waals surface area contributed by atoms with E-state index in [-0.39, 0.29) is 35.5 Å². The summed E-state index contributed by atoms with van der Waals surface area (Å²) >= 11 is 0. The minimum Gasteiger partial charge on any atom is -0.493 e. The van der Waals surface area contributed by atoms with Crippen molar-refractivity contribution in [3.63, 3.8) is 0 Å². The lowest BCUT2D eigenvalue weighted by atomic mass is 9.79. The van der Waals surface area contributed by atoms with E-state index in [1.54, 1.807) is 12.1 Å². The fourth-order valence-electron chi connectivity index (χ4n) is 2.99. The van der Waals surface area contributed by atoms with Crippen LogP contribution in [-0.4, -0.2) is 31.8 Å². The summed E-state index contributed by atoms with van der Waals surface area (Å²) in [6.07, 6.45) is 1.74. The Morgan fingerprint density at radius 2 is 2.04 bits per heavy atom. The van der Waals surface area contributed by atoms with Crippen molar-refractivity contribution in [2.45, 2.75) is 50.9 Å². The first-order chi connectivity index (χ1) is 10.9. The summed E-state index contributed by atoms with van der Waals surface area (Å²) in [7, 11) is 1.39. The van der Waals surface area contributed by atoms with Gasteiger partial charge in [0, 0.05) is 18.9 Å². The third-order valence-electron chi connectivity index (χ3n) is 4.02. The van der Waals surface area contributed by atoms with E-state index in [4.69, 9.17) is 15.2 Å². The number of carbonyl (C=O) groups is 1. The van der Waals surface area contributed by atoms with Crippen LogP contribution in [0.5, 0.6) is 11.5 Å². The highest BCUT2D eigenvalue weighted by molar-refractivity contribution is 5.66. The van der Waals surface area contributed by atoms with Gasteiger partial charge in [-0.1, -0.05) is 6.07 Å². The highest BCUT2D eigenvalue weighted by Crippen LogP contribution is 2.38. The van der Waals surface area contributed by atoms with Crippen LogP contribution in [0.15, 0.2) is 18.2 Å². The highest BCUT2D eigenvalue weighted by Gasteiger charge is 2.31. The van der Waals surface area contributed by atoms with Crippen LogP contribution in [0.2, 0.25) is 0 Å². The number of carbonyl (C=O) groups excluding carboxylic acids is 1. The fourth-order valence-corrected chi connectivity index (χ4v) is 2.99. The molecule has 7 heteroatoms. The van der Waals surface area contributed by atoms with Crippen LogP contribution in [0.1, 0.15) is 37.7 Å². The molecule has 3 atom stereocenters. The van der Waals surface area contributed by atoms with Crippen molar-refractivity contribution >= 4 is 5.97 Å². The zero-order valence-electron chi connectivity index (χ0n) is 13.1. The van der Waals surface area contributed by atoms with Crippen molar-refractivity contribution in [2.75, 3.05) is 7.11 Å². The zero-order chi connectivity index (χ0) is 17.0. The summed E-state index contributed by atoms with van der Waals surface area (Å²) in [4.78, 5) is 11.1. The number of hydrogen-bond donors (Lipinski definition) is 1. The molecule has 0 spiro atoms. The summed E-state index contributed by atoms with van der Waals surface area (Å²) in [6, 6.07) is 4.74. The molecule has 0 bridgehead atoms. The predicted octanol–water partition coefficient (Wildman–Crippen LogP) is 2.82. The third kappa shape index (κ3) is 4.54. The fraction of sp³-hybridized carbons (Fsp3) is 0.562. The molecule has 128 valence electrons. The number of nitrogens with two attached hydrogens (primary N) is 1. The number of alkyl halides is 2. The Morgan fingerprint density at radius 1 is 1.30 bits per heavy atom. The van der Waals surface area contributed by atoms with Gasteiger partial charge in [-0.25, -0.2) is 0 Å². The maximum atomic E-state index is 12.5. The van der Waals surface area contributed by atoms with Gasteiger partial charge in [0.2, 0.25) is 0 Å². The van der Waals surface area contributed by atoms with Crippen LogP contribution in [0.4, 0.5) is 8.78 Å². The van der Waals surface area contributed by atoms with E-state index in [2.05, 4.69) is 4.74 Å². The molecule has 0 aliphatic heterocycles. The number of benzene rings is 1. The second kappa shape index (κ2) is 7.59. The molecule has 2 unspecified atom stereocenters. The Hall–Kier alpha value is -1.89. The predicted molar refractivity (Wildman–Crippen MR) is 79.7 cm³/mol. The van der Waals surface area contributed by atoms with Crippen molar-refractivity contribution in [3.8, 4) is 11.5 Å². The van der Waals surface area contributed by atoms with E-state index in [0.29, 0.717) is 19.3 Å². The van der Waals surface area contributed by atoms with E-state index >= 15 is 0 Å². The van der Waals surface area contributed by atoms with Gasteiger partial charge in [0.1, 0.15) is 6.10 Å². The van der Waals surface area contributed by atoms with Crippen LogP contribution in [0, 0.1) is 0 Å². The molecule has 1 fully saturated rings. The maximum Gasteiger partial charge on any atom is 0.387 e. The third-order valence-corrected chi connectivity index (χ3v) is 4.02. The molecule has 0 heterocycles. The number of esters is 1. The average molecular weight is 329 g/mol. The van der Waals surface area contributed by atoms with Crippen LogP contribution < -0.4 is 15.2 Å². The number of ether oxygens (including phenoxy) is 3. The van der Waals surface area contributed by atoms with Gasteiger partial charge in [0.15, 0.2) is 11.5 Å². The van der Waals surface area contributed by atoms with Crippen LogP contribution in [-0.2, 0) is 9.53 Å². The molecule has 2 rings (SSSR count). The molecule has 2 N–H and O–H groups in total. The number of halogens is 2. The topological polar surface area (TPSA) is 70.8 Å². The largest absolute Gasteiger partial charge is 0.493 e. The van der Waals surface area contributed by atoms with Crippen molar-refractivity contribution in [2.24, 2.45) is 5.73 Å². The molecular formula is C16H21F2NO4. The summed E-state index contributed by atoms with van der Waals surface area (Å²) in [6.45, 7) is -1.57. The molecule has 1 saturated carbocycles.